The SMILES string of the molecule is CCn1c([C@H]2CC(=O)N(c3ccccc3Br)C2)nc2ccccc21. The van der Waals surface area contributed by atoms with E-state index in [-0.39, 0.29) is 11.8 Å². The number of nitrogens with zero attached hydrogens (tertiary/aromatic N) is 3. The van der Waals surface area contributed by atoms with Gasteiger partial charge in [-0.3, -0.25) is 4.79 Å². The summed E-state index contributed by atoms with van der Waals surface area (Å²) in [6.45, 7) is 3.65. The number of aryl methyl sites for hydroxylation is 1. The average molecular weight is 384 g/mol. The van der Waals surface area contributed by atoms with Crippen molar-refractivity contribution < 1.29 is 4.79 Å². The standard InChI is InChI=1S/C19H18BrN3O/c1-2-22-17-10-6-4-8-15(17)21-19(22)13-11-18(24)23(12-13)16-9-5-3-7-14(16)20/h3-10,13H,2,11-12H2,1H3/t13-/m0/s1. The summed E-state index contributed by atoms with van der Waals surface area (Å²) in [5.41, 5.74) is 3.08. The summed E-state index contributed by atoms with van der Waals surface area (Å²) >= 11 is 3.55. The van der Waals surface area contributed by atoms with Crippen molar-refractivity contribution in [3.8, 4) is 0 Å². The fourth-order valence-corrected chi connectivity index (χ4v) is 4.02. The summed E-state index contributed by atoms with van der Waals surface area (Å²) in [6, 6.07) is 16.0. The minimum Gasteiger partial charge on any atom is -0.328 e. The van der Waals surface area contributed by atoms with Crippen molar-refractivity contribution in [1.29, 1.82) is 0 Å². The number of benzene rings is 2. The highest BCUT2D eigenvalue weighted by Gasteiger charge is 2.35. The summed E-state index contributed by atoms with van der Waals surface area (Å²) in [4.78, 5) is 19.3. The van der Waals surface area contributed by atoms with E-state index in [4.69, 9.17) is 4.98 Å². The second-order valence-corrected chi connectivity index (χ2v) is 6.91. The van der Waals surface area contributed by atoms with E-state index in [1.165, 1.54) is 0 Å². The maximum atomic E-state index is 12.6. The van der Waals surface area contributed by atoms with Crippen molar-refractivity contribution in [2.45, 2.75) is 25.8 Å². The first-order valence-electron chi connectivity index (χ1n) is 8.19. The molecule has 1 amide bonds. The third-order valence-electron chi connectivity index (χ3n) is 4.63. The Morgan fingerprint density at radius 3 is 2.71 bits per heavy atom. The van der Waals surface area contributed by atoms with Gasteiger partial charge in [0, 0.05) is 29.9 Å². The Morgan fingerprint density at radius 2 is 1.92 bits per heavy atom. The van der Waals surface area contributed by atoms with Crippen LogP contribution in [0.4, 0.5) is 5.69 Å². The Hall–Kier alpha value is -2.14. The molecule has 1 aliphatic rings. The molecule has 122 valence electrons. The lowest BCUT2D eigenvalue weighted by atomic mass is 10.1. The topological polar surface area (TPSA) is 38.1 Å². The fourth-order valence-electron chi connectivity index (χ4n) is 3.52. The summed E-state index contributed by atoms with van der Waals surface area (Å²) in [7, 11) is 0. The third kappa shape index (κ3) is 2.44. The molecular weight excluding hydrogens is 366 g/mol. The van der Waals surface area contributed by atoms with Gasteiger partial charge in [-0.25, -0.2) is 4.98 Å². The number of aromatic nitrogens is 2. The molecule has 5 heteroatoms. The van der Waals surface area contributed by atoms with Gasteiger partial charge in [0.2, 0.25) is 5.91 Å². The van der Waals surface area contributed by atoms with E-state index in [9.17, 15) is 4.79 Å². The van der Waals surface area contributed by atoms with Crippen molar-refractivity contribution in [2.24, 2.45) is 0 Å². The zero-order valence-electron chi connectivity index (χ0n) is 13.4. The molecule has 24 heavy (non-hydrogen) atoms. The van der Waals surface area contributed by atoms with Crippen LogP contribution >= 0.6 is 15.9 Å². The van der Waals surface area contributed by atoms with E-state index in [0.29, 0.717) is 13.0 Å². The van der Waals surface area contributed by atoms with Crippen LogP contribution in [0, 0.1) is 0 Å². The van der Waals surface area contributed by atoms with Crippen LogP contribution in [0.5, 0.6) is 0 Å². The first kappa shape index (κ1) is 15.4. The molecule has 0 saturated carbocycles. The molecule has 2 heterocycles. The number of amides is 1. The molecule has 1 aromatic heterocycles. The highest BCUT2D eigenvalue weighted by molar-refractivity contribution is 9.10. The predicted molar refractivity (Wildman–Crippen MR) is 99.3 cm³/mol. The smallest absolute Gasteiger partial charge is 0.227 e. The number of anilines is 1. The third-order valence-corrected chi connectivity index (χ3v) is 5.30. The maximum Gasteiger partial charge on any atom is 0.227 e. The van der Waals surface area contributed by atoms with Gasteiger partial charge in [0.1, 0.15) is 5.82 Å². The lowest BCUT2D eigenvalue weighted by Crippen LogP contribution is -2.24. The van der Waals surface area contributed by atoms with Crippen molar-refractivity contribution >= 4 is 38.6 Å². The first-order valence-corrected chi connectivity index (χ1v) is 8.98. The van der Waals surface area contributed by atoms with Gasteiger partial charge in [0.15, 0.2) is 0 Å². The Labute approximate surface area is 149 Å². The molecule has 1 saturated heterocycles. The monoisotopic (exact) mass is 383 g/mol. The summed E-state index contributed by atoms with van der Waals surface area (Å²) < 4.78 is 3.18. The highest BCUT2D eigenvalue weighted by Crippen LogP contribution is 2.35. The summed E-state index contributed by atoms with van der Waals surface area (Å²) in [5.74, 6) is 1.29. The molecule has 0 spiro atoms. The Morgan fingerprint density at radius 1 is 1.17 bits per heavy atom. The number of carbonyl (C=O) groups excluding carboxylic acids is 1. The van der Waals surface area contributed by atoms with E-state index in [1.807, 2.05) is 47.4 Å². The van der Waals surface area contributed by atoms with Crippen LogP contribution in [0.2, 0.25) is 0 Å². The maximum absolute atomic E-state index is 12.6. The Kier molecular flexibility index (Phi) is 3.88. The molecule has 0 radical (unpaired) electrons. The van der Waals surface area contributed by atoms with Crippen LogP contribution in [-0.4, -0.2) is 22.0 Å². The van der Waals surface area contributed by atoms with Crippen LogP contribution in [-0.2, 0) is 11.3 Å². The normalized spacial score (nSPS) is 17.8. The van der Waals surface area contributed by atoms with Gasteiger partial charge in [-0.1, -0.05) is 24.3 Å². The zero-order chi connectivity index (χ0) is 16.7. The fraction of sp³-hybridized carbons (Fsp3) is 0.263. The van der Waals surface area contributed by atoms with Crippen LogP contribution < -0.4 is 4.90 Å². The van der Waals surface area contributed by atoms with Gasteiger partial charge in [-0.05, 0) is 47.1 Å². The van der Waals surface area contributed by atoms with Crippen LogP contribution in [0.15, 0.2) is 53.0 Å². The Balaban J connectivity index is 1.72. The number of fused-ring (bicyclic) bond motifs is 1. The molecule has 0 bridgehead atoms. The Bertz CT molecular complexity index is 918. The van der Waals surface area contributed by atoms with Gasteiger partial charge >= 0.3 is 0 Å². The molecule has 1 aliphatic heterocycles. The van der Waals surface area contributed by atoms with Crippen LogP contribution in [0.3, 0.4) is 0 Å². The van der Waals surface area contributed by atoms with Crippen LogP contribution in [0.1, 0.15) is 25.1 Å². The van der Waals surface area contributed by atoms with E-state index < -0.39 is 0 Å². The molecule has 0 unspecified atom stereocenters. The van der Waals surface area contributed by atoms with E-state index in [0.717, 1.165) is 33.6 Å². The molecule has 1 atom stereocenters. The molecule has 1 fully saturated rings. The second kappa shape index (κ2) is 6.06. The molecular formula is C19H18BrN3O. The van der Waals surface area contributed by atoms with Gasteiger partial charge in [0.05, 0.1) is 16.7 Å². The van der Waals surface area contributed by atoms with Gasteiger partial charge < -0.3 is 9.47 Å². The van der Waals surface area contributed by atoms with Gasteiger partial charge in [-0.15, -0.1) is 0 Å². The molecule has 4 nitrogen and oxygen atoms in total. The number of halogens is 1. The van der Waals surface area contributed by atoms with Gasteiger partial charge in [0.25, 0.3) is 0 Å². The van der Waals surface area contributed by atoms with Crippen molar-refractivity contribution in [3.05, 3.63) is 58.8 Å². The number of hydrogen-bond acceptors (Lipinski definition) is 2. The lowest BCUT2D eigenvalue weighted by molar-refractivity contribution is -0.117. The van der Waals surface area contributed by atoms with E-state index in [1.54, 1.807) is 0 Å². The average Bonchev–Trinajstić information content (AvgIpc) is 3.15. The first-order chi connectivity index (χ1) is 11.7. The summed E-state index contributed by atoms with van der Waals surface area (Å²) in [6.07, 6.45) is 0.505. The number of hydrogen-bond donors (Lipinski definition) is 0. The largest absolute Gasteiger partial charge is 0.328 e. The molecule has 0 N–H and O–H groups in total. The molecule has 4 rings (SSSR count). The van der Waals surface area contributed by atoms with Crippen LogP contribution in [0.25, 0.3) is 11.0 Å². The molecule has 3 aromatic rings. The molecule has 2 aromatic carbocycles. The quantitative estimate of drug-likeness (QED) is 0.674. The number of imidazole rings is 1. The van der Waals surface area contributed by atoms with E-state index in [2.05, 4.69) is 33.5 Å². The number of carbonyl (C=O) groups is 1. The number of rotatable bonds is 3. The second-order valence-electron chi connectivity index (χ2n) is 6.06. The van der Waals surface area contributed by atoms with Crippen molar-refractivity contribution in [3.63, 3.8) is 0 Å². The number of para-hydroxylation sites is 3. The van der Waals surface area contributed by atoms with Crippen molar-refractivity contribution in [1.82, 2.24) is 9.55 Å². The van der Waals surface area contributed by atoms with E-state index >= 15 is 0 Å². The highest BCUT2D eigenvalue weighted by atomic mass is 79.9. The van der Waals surface area contributed by atoms with Crippen molar-refractivity contribution in [2.75, 3.05) is 11.4 Å². The summed E-state index contributed by atoms with van der Waals surface area (Å²) in [5, 5.41) is 0. The lowest BCUT2D eigenvalue weighted by Gasteiger charge is -2.18. The minimum absolute atomic E-state index is 0.122. The predicted octanol–water partition coefficient (Wildman–Crippen LogP) is 4.34. The molecule has 0 aliphatic carbocycles. The minimum atomic E-state index is 0.122. The van der Waals surface area contributed by atoms with Gasteiger partial charge in [-0.2, -0.15) is 0 Å². The zero-order valence-corrected chi connectivity index (χ0v) is 15.0.